The van der Waals surface area contributed by atoms with Crippen molar-refractivity contribution >= 4 is 29.0 Å². The fraction of sp³-hybridized carbons (Fsp3) is 0.261. The molecule has 1 saturated heterocycles. The van der Waals surface area contributed by atoms with Gasteiger partial charge in [0.1, 0.15) is 5.76 Å². The molecule has 1 unspecified atom stereocenters. The lowest BCUT2D eigenvalue weighted by Crippen LogP contribution is -2.31. The maximum atomic E-state index is 13.1. The van der Waals surface area contributed by atoms with Gasteiger partial charge in [0.25, 0.3) is 0 Å². The van der Waals surface area contributed by atoms with E-state index in [1.165, 1.54) is 16.6 Å². The third-order valence-electron chi connectivity index (χ3n) is 5.52. The van der Waals surface area contributed by atoms with Crippen molar-refractivity contribution in [2.24, 2.45) is 0 Å². The number of hydrogen-bond acceptors (Lipinski definition) is 6. The van der Waals surface area contributed by atoms with E-state index in [9.17, 15) is 4.79 Å². The Kier molecular flexibility index (Phi) is 5.65. The van der Waals surface area contributed by atoms with Gasteiger partial charge in [0.2, 0.25) is 5.91 Å². The minimum Gasteiger partial charge on any atom is -0.469 e. The molecule has 1 atom stereocenters. The number of thiophene rings is 1. The Hall–Kier alpha value is -2.84. The molecule has 31 heavy (non-hydrogen) atoms. The molecule has 0 bridgehead atoms. The topological polar surface area (TPSA) is 64.2 Å². The number of para-hydroxylation sites is 1. The number of hydrogen-bond donors (Lipinski definition) is 0. The van der Waals surface area contributed by atoms with Crippen LogP contribution in [0.15, 0.2) is 69.7 Å². The van der Waals surface area contributed by atoms with E-state index < -0.39 is 0 Å². The van der Waals surface area contributed by atoms with E-state index in [4.69, 9.17) is 4.42 Å². The Balaban J connectivity index is 1.40. The number of furan rings is 1. The molecule has 0 aliphatic carbocycles. The molecule has 4 heterocycles. The van der Waals surface area contributed by atoms with Crippen LogP contribution in [0.4, 0.5) is 0 Å². The average Bonchev–Trinajstić information content (AvgIpc) is 3.59. The molecule has 4 aromatic rings. The first-order valence-electron chi connectivity index (χ1n) is 10.2. The first-order valence-corrected chi connectivity index (χ1v) is 12.1. The fourth-order valence-electron chi connectivity index (χ4n) is 4.02. The van der Waals surface area contributed by atoms with Gasteiger partial charge in [-0.1, -0.05) is 36.0 Å². The lowest BCUT2D eigenvalue weighted by molar-refractivity contribution is -0.129. The van der Waals surface area contributed by atoms with Crippen molar-refractivity contribution in [3.63, 3.8) is 0 Å². The zero-order valence-electron chi connectivity index (χ0n) is 17.1. The second kappa shape index (κ2) is 8.72. The molecule has 1 fully saturated rings. The fourth-order valence-corrected chi connectivity index (χ4v) is 5.73. The summed E-state index contributed by atoms with van der Waals surface area (Å²) in [6.45, 7) is 2.72. The lowest BCUT2D eigenvalue weighted by Gasteiger charge is -2.23. The number of aryl methyl sites for hydroxylation is 1. The highest BCUT2D eigenvalue weighted by Crippen LogP contribution is 2.36. The first kappa shape index (κ1) is 20.1. The van der Waals surface area contributed by atoms with Gasteiger partial charge >= 0.3 is 0 Å². The third-order valence-corrected chi connectivity index (χ3v) is 7.40. The van der Waals surface area contributed by atoms with Gasteiger partial charge in [0, 0.05) is 17.1 Å². The molecule has 1 amide bonds. The van der Waals surface area contributed by atoms with Crippen molar-refractivity contribution in [1.29, 1.82) is 0 Å². The Morgan fingerprint density at radius 3 is 2.81 bits per heavy atom. The summed E-state index contributed by atoms with van der Waals surface area (Å²) in [6, 6.07) is 16.2. The highest BCUT2D eigenvalue weighted by molar-refractivity contribution is 7.99. The summed E-state index contributed by atoms with van der Waals surface area (Å²) in [5, 5.41) is 11.6. The number of aromatic nitrogens is 3. The monoisotopic (exact) mass is 450 g/mol. The Labute approximate surface area is 188 Å². The van der Waals surface area contributed by atoms with E-state index >= 15 is 0 Å². The molecule has 3 aromatic heterocycles. The smallest absolute Gasteiger partial charge is 0.233 e. The maximum Gasteiger partial charge on any atom is 0.233 e. The van der Waals surface area contributed by atoms with E-state index in [1.54, 1.807) is 17.6 Å². The third kappa shape index (κ3) is 3.93. The molecule has 1 aliphatic rings. The number of carbonyl (C=O) groups excluding carboxylic acids is 1. The molecule has 158 valence electrons. The summed E-state index contributed by atoms with van der Waals surface area (Å²) in [6.07, 6.45) is 3.73. The molecule has 0 radical (unpaired) electrons. The van der Waals surface area contributed by atoms with Crippen molar-refractivity contribution in [2.75, 3.05) is 12.3 Å². The molecular weight excluding hydrogens is 428 g/mol. The van der Waals surface area contributed by atoms with Crippen LogP contribution in [0.2, 0.25) is 0 Å². The predicted molar refractivity (Wildman–Crippen MR) is 123 cm³/mol. The summed E-state index contributed by atoms with van der Waals surface area (Å²) in [7, 11) is 0. The largest absolute Gasteiger partial charge is 0.469 e. The van der Waals surface area contributed by atoms with Gasteiger partial charge in [0.15, 0.2) is 11.0 Å². The standard InChI is InChI=1S/C23H22N4O2S2/c1-16-18(11-13-29-16)22-24-25-23(27(22)17-7-3-2-4-8-17)31-15-21(28)26-12-5-9-19(26)20-10-6-14-30-20/h2-4,6-8,10-11,13-14,19H,5,9,12,15H2,1H3. The van der Waals surface area contributed by atoms with Crippen molar-refractivity contribution in [2.45, 2.75) is 31.0 Å². The van der Waals surface area contributed by atoms with Crippen LogP contribution in [-0.2, 0) is 4.79 Å². The summed E-state index contributed by atoms with van der Waals surface area (Å²) >= 11 is 3.15. The average molecular weight is 451 g/mol. The van der Waals surface area contributed by atoms with Crippen LogP contribution in [-0.4, -0.2) is 37.9 Å². The van der Waals surface area contributed by atoms with Gasteiger partial charge in [-0.05, 0) is 49.4 Å². The van der Waals surface area contributed by atoms with Gasteiger partial charge < -0.3 is 9.32 Å². The van der Waals surface area contributed by atoms with Gasteiger partial charge in [-0.25, -0.2) is 0 Å². The summed E-state index contributed by atoms with van der Waals surface area (Å²) in [4.78, 5) is 16.4. The first-order chi connectivity index (χ1) is 15.2. The van der Waals surface area contributed by atoms with E-state index in [-0.39, 0.29) is 11.9 Å². The van der Waals surface area contributed by atoms with Gasteiger partial charge in [-0.3, -0.25) is 9.36 Å². The maximum absolute atomic E-state index is 13.1. The number of thioether (sulfide) groups is 1. The van der Waals surface area contributed by atoms with Crippen molar-refractivity contribution in [3.05, 3.63) is 70.8 Å². The molecular formula is C23H22N4O2S2. The molecule has 6 nitrogen and oxygen atoms in total. The van der Waals surface area contributed by atoms with E-state index in [1.807, 2.05) is 52.8 Å². The highest BCUT2D eigenvalue weighted by Gasteiger charge is 2.31. The molecule has 1 aromatic carbocycles. The minimum atomic E-state index is 0.143. The van der Waals surface area contributed by atoms with E-state index in [0.717, 1.165) is 36.4 Å². The molecule has 0 saturated carbocycles. The summed E-state index contributed by atoms with van der Waals surface area (Å²) in [5.74, 6) is 1.97. The second-order valence-corrected chi connectivity index (χ2v) is 9.34. The van der Waals surface area contributed by atoms with Crippen LogP contribution >= 0.6 is 23.1 Å². The highest BCUT2D eigenvalue weighted by atomic mass is 32.2. The summed E-state index contributed by atoms with van der Waals surface area (Å²) in [5.41, 5.74) is 1.85. The number of amides is 1. The van der Waals surface area contributed by atoms with Crippen molar-refractivity contribution in [1.82, 2.24) is 19.7 Å². The van der Waals surface area contributed by atoms with Crippen LogP contribution in [0.25, 0.3) is 17.1 Å². The van der Waals surface area contributed by atoms with Crippen LogP contribution in [0.1, 0.15) is 29.5 Å². The normalized spacial score (nSPS) is 16.2. The van der Waals surface area contributed by atoms with Crippen molar-refractivity contribution < 1.29 is 9.21 Å². The molecule has 0 spiro atoms. The minimum absolute atomic E-state index is 0.143. The number of nitrogens with zero attached hydrogens (tertiary/aromatic N) is 4. The van der Waals surface area contributed by atoms with Gasteiger partial charge in [-0.2, -0.15) is 0 Å². The zero-order chi connectivity index (χ0) is 21.2. The zero-order valence-corrected chi connectivity index (χ0v) is 18.7. The second-order valence-electron chi connectivity index (χ2n) is 7.42. The van der Waals surface area contributed by atoms with Crippen molar-refractivity contribution in [3.8, 4) is 17.1 Å². The summed E-state index contributed by atoms with van der Waals surface area (Å²) < 4.78 is 7.48. The predicted octanol–water partition coefficient (Wildman–Crippen LogP) is 5.35. The number of likely N-dealkylation sites (tertiary alicyclic amines) is 1. The number of rotatable bonds is 6. The SMILES string of the molecule is Cc1occc1-c1nnc(SCC(=O)N2CCCC2c2cccs2)n1-c1ccccc1. The Bertz CT molecular complexity index is 1170. The van der Waals surface area contributed by atoms with Crippen LogP contribution in [0, 0.1) is 6.92 Å². The Morgan fingerprint density at radius 2 is 2.06 bits per heavy atom. The van der Waals surface area contributed by atoms with E-state index in [2.05, 4.69) is 27.7 Å². The van der Waals surface area contributed by atoms with Crippen LogP contribution < -0.4 is 0 Å². The van der Waals surface area contributed by atoms with Gasteiger partial charge in [0.05, 0.1) is 23.6 Å². The molecule has 8 heteroatoms. The molecule has 1 aliphatic heterocycles. The van der Waals surface area contributed by atoms with E-state index in [0.29, 0.717) is 16.7 Å². The quantitative estimate of drug-likeness (QED) is 0.370. The Morgan fingerprint density at radius 1 is 1.19 bits per heavy atom. The number of benzene rings is 1. The van der Waals surface area contributed by atoms with Crippen LogP contribution in [0.5, 0.6) is 0 Å². The lowest BCUT2D eigenvalue weighted by atomic mass is 10.2. The number of carbonyl (C=O) groups is 1. The molecule has 5 rings (SSSR count). The van der Waals surface area contributed by atoms with Crippen LogP contribution in [0.3, 0.4) is 0 Å². The van der Waals surface area contributed by atoms with Gasteiger partial charge in [-0.15, -0.1) is 21.5 Å². The molecule has 0 N–H and O–H groups in total.